The summed E-state index contributed by atoms with van der Waals surface area (Å²) in [6.45, 7) is 4.63. The first-order chi connectivity index (χ1) is 11.9. The number of aryl methyl sites for hydroxylation is 1. The van der Waals surface area contributed by atoms with Crippen molar-refractivity contribution in [3.8, 4) is 11.3 Å². The Hall–Kier alpha value is -2.44. The Bertz CT molecular complexity index is 993. The molecule has 0 radical (unpaired) electrons. The lowest BCUT2D eigenvalue weighted by Gasteiger charge is -2.13. The molecule has 0 saturated heterocycles. The third kappa shape index (κ3) is 3.23. The zero-order valence-electron chi connectivity index (χ0n) is 14.5. The monoisotopic (exact) mass is 355 g/mol. The Morgan fingerprint density at radius 1 is 1.16 bits per heavy atom. The van der Waals surface area contributed by atoms with Gasteiger partial charge in [0.25, 0.3) is 10.0 Å². The lowest BCUT2D eigenvalue weighted by atomic mass is 10.0. The van der Waals surface area contributed by atoms with E-state index in [1.165, 1.54) is 10.2 Å². The third-order valence-electron chi connectivity index (χ3n) is 4.30. The highest BCUT2D eigenvalue weighted by Gasteiger charge is 2.22. The minimum atomic E-state index is -3.72. The summed E-state index contributed by atoms with van der Waals surface area (Å²) in [5.74, 6) is 0. The number of pyridine rings is 1. The molecule has 5 nitrogen and oxygen atoms in total. The molecule has 1 N–H and O–H groups in total. The second kappa shape index (κ2) is 6.82. The highest BCUT2D eigenvalue weighted by atomic mass is 32.2. The predicted molar refractivity (Wildman–Crippen MR) is 98.9 cm³/mol. The summed E-state index contributed by atoms with van der Waals surface area (Å²) in [6, 6.07) is 11.0. The highest BCUT2D eigenvalue weighted by Crippen LogP contribution is 2.30. The van der Waals surface area contributed by atoms with Gasteiger partial charge in [-0.15, -0.1) is 0 Å². The van der Waals surface area contributed by atoms with Crippen LogP contribution in [-0.2, 0) is 16.6 Å². The topological polar surface area (TPSA) is 64.0 Å². The third-order valence-corrected chi connectivity index (χ3v) is 5.95. The summed E-state index contributed by atoms with van der Waals surface area (Å²) in [4.78, 5) is 4.12. The van der Waals surface area contributed by atoms with Crippen LogP contribution >= 0.6 is 0 Å². The van der Waals surface area contributed by atoms with Gasteiger partial charge in [-0.3, -0.25) is 4.98 Å². The van der Waals surface area contributed by atoms with Gasteiger partial charge in [0.05, 0.1) is 5.69 Å². The molecule has 1 aromatic carbocycles. The van der Waals surface area contributed by atoms with Crippen molar-refractivity contribution in [2.24, 2.45) is 0 Å². The van der Waals surface area contributed by atoms with Gasteiger partial charge in [-0.25, -0.2) is 12.4 Å². The van der Waals surface area contributed by atoms with Crippen molar-refractivity contribution in [1.82, 2.24) is 14.3 Å². The molecular weight excluding hydrogens is 334 g/mol. The maximum Gasteiger partial charge on any atom is 0.269 e. The van der Waals surface area contributed by atoms with Crippen molar-refractivity contribution in [2.45, 2.75) is 25.3 Å². The van der Waals surface area contributed by atoms with Gasteiger partial charge in [-0.1, -0.05) is 18.2 Å². The van der Waals surface area contributed by atoms with Gasteiger partial charge < -0.3 is 5.32 Å². The SMILES string of the molecule is CNCc1cc(-c2cccc(C)c2C)n(S(=O)(=O)c2cccnc2)c1. The number of benzene rings is 1. The summed E-state index contributed by atoms with van der Waals surface area (Å²) >= 11 is 0. The van der Waals surface area contributed by atoms with Gasteiger partial charge in [0.2, 0.25) is 0 Å². The molecular formula is C19H21N3O2S. The smallest absolute Gasteiger partial charge is 0.269 e. The zero-order chi connectivity index (χ0) is 18.0. The maximum absolute atomic E-state index is 13.1. The molecule has 0 aliphatic heterocycles. The Balaban J connectivity index is 2.25. The second-order valence-corrected chi connectivity index (χ2v) is 7.82. The normalized spacial score (nSPS) is 11.6. The summed E-state index contributed by atoms with van der Waals surface area (Å²) in [5.41, 5.74) is 4.68. The molecule has 0 aliphatic rings. The van der Waals surface area contributed by atoms with Gasteiger partial charge in [0, 0.05) is 30.7 Å². The maximum atomic E-state index is 13.1. The quantitative estimate of drug-likeness (QED) is 0.764. The molecule has 3 aromatic rings. The van der Waals surface area contributed by atoms with Crippen LogP contribution in [-0.4, -0.2) is 24.4 Å². The molecule has 0 saturated carbocycles. The van der Waals surface area contributed by atoms with Crippen LogP contribution in [0.1, 0.15) is 16.7 Å². The molecule has 3 rings (SSSR count). The summed E-state index contributed by atoms with van der Waals surface area (Å²) in [6.07, 6.45) is 4.61. The van der Waals surface area contributed by atoms with Gasteiger partial charge in [-0.2, -0.15) is 0 Å². The fourth-order valence-corrected chi connectivity index (χ4v) is 4.19. The summed E-state index contributed by atoms with van der Waals surface area (Å²) in [5, 5.41) is 3.07. The number of aromatic nitrogens is 2. The molecule has 0 amide bonds. The molecule has 6 heteroatoms. The summed E-state index contributed by atoms with van der Waals surface area (Å²) in [7, 11) is -1.88. The van der Waals surface area contributed by atoms with E-state index in [1.54, 1.807) is 24.5 Å². The first-order valence-corrected chi connectivity index (χ1v) is 9.47. The minimum absolute atomic E-state index is 0.174. The molecule has 130 valence electrons. The minimum Gasteiger partial charge on any atom is -0.316 e. The van der Waals surface area contributed by atoms with Crippen LogP contribution < -0.4 is 5.32 Å². The van der Waals surface area contributed by atoms with Crippen molar-refractivity contribution in [3.63, 3.8) is 0 Å². The Kier molecular flexibility index (Phi) is 4.74. The largest absolute Gasteiger partial charge is 0.316 e. The molecule has 0 fully saturated rings. The molecule has 0 spiro atoms. The molecule has 25 heavy (non-hydrogen) atoms. The van der Waals surface area contributed by atoms with Crippen LogP contribution in [0.15, 0.2) is 59.9 Å². The fourth-order valence-electron chi connectivity index (χ4n) is 2.83. The number of hydrogen-bond acceptors (Lipinski definition) is 4. The fraction of sp³-hybridized carbons (Fsp3) is 0.211. The van der Waals surface area contributed by atoms with Gasteiger partial charge in [0.1, 0.15) is 4.90 Å². The number of nitrogens with zero attached hydrogens (tertiary/aromatic N) is 2. The average molecular weight is 355 g/mol. The average Bonchev–Trinajstić information content (AvgIpc) is 3.03. The van der Waals surface area contributed by atoms with E-state index in [0.717, 1.165) is 22.3 Å². The van der Waals surface area contributed by atoms with E-state index >= 15 is 0 Å². The van der Waals surface area contributed by atoms with E-state index in [9.17, 15) is 8.42 Å². The van der Waals surface area contributed by atoms with E-state index < -0.39 is 10.0 Å². The van der Waals surface area contributed by atoms with Crippen LogP contribution in [0.5, 0.6) is 0 Å². The Morgan fingerprint density at radius 3 is 2.64 bits per heavy atom. The molecule has 0 atom stereocenters. The molecule has 0 unspecified atom stereocenters. The van der Waals surface area contributed by atoms with Crippen molar-refractivity contribution in [1.29, 1.82) is 0 Å². The second-order valence-electron chi connectivity index (χ2n) is 6.00. The lowest BCUT2D eigenvalue weighted by Crippen LogP contribution is -2.14. The van der Waals surface area contributed by atoms with Crippen molar-refractivity contribution in [2.75, 3.05) is 7.05 Å². The number of nitrogens with one attached hydrogen (secondary N) is 1. The Morgan fingerprint density at radius 2 is 1.96 bits per heavy atom. The molecule has 0 bridgehead atoms. The summed E-state index contributed by atoms with van der Waals surface area (Å²) < 4.78 is 27.6. The predicted octanol–water partition coefficient (Wildman–Crippen LogP) is 3.12. The standard InChI is InChI=1S/C19H21N3O2S/c1-14-6-4-8-18(15(14)2)19-10-16(11-20-3)13-22(19)25(23,24)17-7-5-9-21-12-17/h4-10,12-13,20H,11H2,1-3H3. The highest BCUT2D eigenvalue weighted by molar-refractivity contribution is 7.90. The first-order valence-electron chi connectivity index (χ1n) is 8.03. The number of hydrogen-bond donors (Lipinski definition) is 1. The van der Waals surface area contributed by atoms with E-state index in [2.05, 4.69) is 10.3 Å². The zero-order valence-corrected chi connectivity index (χ0v) is 15.3. The van der Waals surface area contributed by atoms with Crippen LogP contribution in [0, 0.1) is 13.8 Å². The van der Waals surface area contributed by atoms with Gasteiger partial charge in [0.15, 0.2) is 0 Å². The van der Waals surface area contributed by atoms with E-state index in [0.29, 0.717) is 12.2 Å². The van der Waals surface area contributed by atoms with Gasteiger partial charge >= 0.3 is 0 Å². The van der Waals surface area contributed by atoms with Crippen LogP contribution in [0.4, 0.5) is 0 Å². The van der Waals surface area contributed by atoms with E-state index in [4.69, 9.17) is 0 Å². The number of rotatable bonds is 5. The molecule has 2 heterocycles. The van der Waals surface area contributed by atoms with Crippen LogP contribution in [0.2, 0.25) is 0 Å². The first kappa shape index (κ1) is 17.4. The molecule has 0 aliphatic carbocycles. The molecule has 2 aromatic heterocycles. The van der Waals surface area contributed by atoms with E-state index in [1.807, 2.05) is 45.2 Å². The van der Waals surface area contributed by atoms with Crippen molar-refractivity contribution >= 4 is 10.0 Å². The van der Waals surface area contributed by atoms with Crippen molar-refractivity contribution < 1.29 is 8.42 Å². The Labute approximate surface area is 148 Å². The van der Waals surface area contributed by atoms with Crippen LogP contribution in [0.3, 0.4) is 0 Å². The van der Waals surface area contributed by atoms with Crippen LogP contribution in [0.25, 0.3) is 11.3 Å². The lowest BCUT2D eigenvalue weighted by molar-refractivity contribution is 0.587. The van der Waals surface area contributed by atoms with Crippen molar-refractivity contribution in [3.05, 3.63) is 71.7 Å². The van der Waals surface area contributed by atoms with E-state index in [-0.39, 0.29) is 4.90 Å². The van der Waals surface area contributed by atoms with Gasteiger partial charge in [-0.05, 0) is 55.8 Å².